The van der Waals surface area contributed by atoms with Crippen LogP contribution < -0.4 is 5.32 Å². The summed E-state index contributed by atoms with van der Waals surface area (Å²) >= 11 is 1.84. The zero-order valence-corrected chi connectivity index (χ0v) is 14.1. The molecule has 1 aromatic carbocycles. The maximum absolute atomic E-state index is 9.79. The average molecular weight is 303 g/mol. The molecular weight excluding hydrogens is 278 g/mol. The molecule has 1 heterocycles. The van der Waals surface area contributed by atoms with Gasteiger partial charge in [0.1, 0.15) is 0 Å². The lowest BCUT2D eigenvalue weighted by Gasteiger charge is -2.29. The van der Waals surface area contributed by atoms with E-state index in [4.69, 9.17) is 0 Å². The quantitative estimate of drug-likeness (QED) is 0.873. The lowest BCUT2D eigenvalue weighted by molar-refractivity contribution is 0.174. The molecule has 2 nitrogen and oxygen atoms in total. The highest BCUT2D eigenvalue weighted by Gasteiger charge is 2.25. The lowest BCUT2D eigenvalue weighted by Crippen LogP contribution is -2.42. The number of hydrogen-bond acceptors (Lipinski definition) is 3. The van der Waals surface area contributed by atoms with Crippen molar-refractivity contribution in [2.75, 3.05) is 6.61 Å². The monoisotopic (exact) mass is 303 g/mol. The summed E-state index contributed by atoms with van der Waals surface area (Å²) in [6.07, 6.45) is 0. The second kappa shape index (κ2) is 6.30. The fourth-order valence-corrected chi connectivity index (χ4v) is 3.22. The normalized spacial score (nSPS) is 14.9. The molecule has 0 aliphatic carbocycles. The van der Waals surface area contributed by atoms with Gasteiger partial charge in [-0.3, -0.25) is 0 Å². The third-order valence-electron chi connectivity index (χ3n) is 3.78. The minimum absolute atomic E-state index is 0.0779. The molecule has 1 aromatic heterocycles. The summed E-state index contributed by atoms with van der Waals surface area (Å²) in [5.74, 6) is 0. The van der Waals surface area contributed by atoms with Gasteiger partial charge < -0.3 is 10.4 Å². The molecule has 0 fully saturated rings. The fraction of sp³-hybridized carbons (Fsp3) is 0.444. The highest BCUT2D eigenvalue weighted by Crippen LogP contribution is 2.30. The first-order valence-corrected chi connectivity index (χ1v) is 8.17. The van der Waals surface area contributed by atoms with Crippen molar-refractivity contribution in [3.05, 3.63) is 57.8 Å². The summed E-state index contributed by atoms with van der Waals surface area (Å²) in [6.45, 7) is 9.59. The number of nitrogens with one attached hydrogen (secondary N) is 1. The molecule has 0 amide bonds. The van der Waals surface area contributed by atoms with Crippen LogP contribution in [-0.2, 0) is 17.5 Å². The standard InChI is InChI=1S/C18H25NOS/c1-17(2,3)16-11-10-15(21-16)12-19-18(4,13-20)14-8-6-5-7-9-14/h5-11,19-20H,12-13H2,1-4H3. The Morgan fingerprint density at radius 3 is 2.19 bits per heavy atom. The van der Waals surface area contributed by atoms with E-state index in [-0.39, 0.29) is 12.0 Å². The van der Waals surface area contributed by atoms with Crippen LogP contribution in [0.5, 0.6) is 0 Å². The largest absolute Gasteiger partial charge is 0.394 e. The Balaban J connectivity index is 2.09. The molecule has 0 saturated heterocycles. The van der Waals surface area contributed by atoms with Gasteiger partial charge in [0.25, 0.3) is 0 Å². The molecule has 0 aliphatic heterocycles. The van der Waals surface area contributed by atoms with Crippen molar-refractivity contribution < 1.29 is 5.11 Å². The first-order valence-electron chi connectivity index (χ1n) is 7.36. The Morgan fingerprint density at radius 1 is 1.00 bits per heavy atom. The molecule has 114 valence electrons. The number of aliphatic hydroxyl groups excluding tert-OH is 1. The maximum atomic E-state index is 9.79. The highest BCUT2D eigenvalue weighted by molar-refractivity contribution is 7.12. The van der Waals surface area contributed by atoms with Crippen molar-refractivity contribution in [3.8, 4) is 0 Å². The smallest absolute Gasteiger partial charge is 0.0652 e. The molecule has 0 radical (unpaired) electrons. The van der Waals surface area contributed by atoms with Crippen molar-refractivity contribution in [2.24, 2.45) is 0 Å². The van der Waals surface area contributed by atoms with E-state index in [2.05, 4.69) is 50.4 Å². The van der Waals surface area contributed by atoms with E-state index in [0.717, 1.165) is 12.1 Å². The molecule has 0 saturated carbocycles. The van der Waals surface area contributed by atoms with Crippen LogP contribution in [0.1, 0.15) is 43.0 Å². The Bertz CT molecular complexity index is 570. The Morgan fingerprint density at radius 2 is 1.67 bits per heavy atom. The van der Waals surface area contributed by atoms with E-state index < -0.39 is 5.54 Å². The van der Waals surface area contributed by atoms with Crippen LogP contribution in [0.25, 0.3) is 0 Å². The van der Waals surface area contributed by atoms with Crippen molar-refractivity contribution in [3.63, 3.8) is 0 Å². The second-order valence-electron chi connectivity index (χ2n) is 6.73. The topological polar surface area (TPSA) is 32.3 Å². The summed E-state index contributed by atoms with van der Waals surface area (Å²) in [4.78, 5) is 2.69. The number of rotatable bonds is 5. The third kappa shape index (κ3) is 3.94. The number of thiophene rings is 1. The van der Waals surface area contributed by atoms with Crippen LogP contribution in [0.2, 0.25) is 0 Å². The van der Waals surface area contributed by atoms with Crippen LogP contribution in [0.15, 0.2) is 42.5 Å². The van der Waals surface area contributed by atoms with Gasteiger partial charge in [-0.2, -0.15) is 0 Å². The van der Waals surface area contributed by atoms with Crippen molar-refractivity contribution in [2.45, 2.75) is 45.2 Å². The molecule has 21 heavy (non-hydrogen) atoms. The van der Waals surface area contributed by atoms with Crippen LogP contribution in [0.3, 0.4) is 0 Å². The Hall–Kier alpha value is -1.16. The molecule has 1 atom stereocenters. The zero-order valence-electron chi connectivity index (χ0n) is 13.3. The van der Waals surface area contributed by atoms with Gasteiger partial charge in [0, 0.05) is 16.3 Å². The fourth-order valence-electron chi connectivity index (χ4n) is 2.21. The Labute approximate surface area is 131 Å². The van der Waals surface area contributed by atoms with E-state index in [1.54, 1.807) is 0 Å². The number of aliphatic hydroxyl groups is 1. The van der Waals surface area contributed by atoms with Gasteiger partial charge in [0.2, 0.25) is 0 Å². The van der Waals surface area contributed by atoms with Gasteiger partial charge in [-0.15, -0.1) is 11.3 Å². The molecule has 3 heteroatoms. The van der Waals surface area contributed by atoms with E-state index in [1.165, 1.54) is 9.75 Å². The van der Waals surface area contributed by atoms with E-state index in [1.807, 2.05) is 36.5 Å². The second-order valence-corrected chi connectivity index (χ2v) is 7.89. The minimum atomic E-state index is -0.410. The van der Waals surface area contributed by atoms with Crippen molar-refractivity contribution in [1.82, 2.24) is 5.32 Å². The van der Waals surface area contributed by atoms with Crippen molar-refractivity contribution >= 4 is 11.3 Å². The molecule has 2 aromatic rings. The van der Waals surface area contributed by atoms with Gasteiger partial charge >= 0.3 is 0 Å². The van der Waals surface area contributed by atoms with Crippen LogP contribution >= 0.6 is 11.3 Å². The molecule has 1 unspecified atom stereocenters. The third-order valence-corrected chi connectivity index (χ3v) is 5.29. The van der Waals surface area contributed by atoms with E-state index in [0.29, 0.717) is 0 Å². The van der Waals surface area contributed by atoms with Crippen LogP contribution in [0, 0.1) is 0 Å². The van der Waals surface area contributed by atoms with Crippen LogP contribution in [-0.4, -0.2) is 11.7 Å². The molecule has 0 spiro atoms. The Kier molecular flexibility index (Phi) is 4.87. The number of hydrogen-bond donors (Lipinski definition) is 2. The maximum Gasteiger partial charge on any atom is 0.0652 e. The molecule has 2 rings (SSSR count). The summed E-state index contributed by atoms with van der Waals surface area (Å²) in [6, 6.07) is 14.5. The first-order chi connectivity index (χ1) is 9.85. The molecule has 0 aliphatic rings. The summed E-state index contributed by atoms with van der Waals surface area (Å²) in [7, 11) is 0. The van der Waals surface area contributed by atoms with Gasteiger partial charge in [-0.25, -0.2) is 0 Å². The summed E-state index contributed by atoms with van der Waals surface area (Å²) < 4.78 is 0. The van der Waals surface area contributed by atoms with E-state index >= 15 is 0 Å². The first kappa shape index (κ1) is 16.2. The molecule has 2 N–H and O–H groups in total. The molecule has 0 bridgehead atoms. The van der Waals surface area contributed by atoms with Gasteiger partial charge in [0.05, 0.1) is 12.1 Å². The summed E-state index contributed by atoms with van der Waals surface area (Å²) in [5.41, 5.74) is 0.899. The van der Waals surface area contributed by atoms with Gasteiger partial charge in [0.15, 0.2) is 0 Å². The zero-order chi connectivity index (χ0) is 15.5. The van der Waals surface area contributed by atoms with Crippen molar-refractivity contribution in [1.29, 1.82) is 0 Å². The molecular formula is C18H25NOS. The van der Waals surface area contributed by atoms with E-state index in [9.17, 15) is 5.11 Å². The minimum Gasteiger partial charge on any atom is -0.394 e. The van der Waals surface area contributed by atoms with Gasteiger partial charge in [-0.05, 0) is 30.0 Å². The predicted molar refractivity (Wildman–Crippen MR) is 90.7 cm³/mol. The highest BCUT2D eigenvalue weighted by atomic mass is 32.1. The number of benzene rings is 1. The lowest BCUT2D eigenvalue weighted by atomic mass is 9.93. The van der Waals surface area contributed by atoms with Gasteiger partial charge in [-0.1, -0.05) is 51.1 Å². The summed E-state index contributed by atoms with van der Waals surface area (Å²) in [5, 5.41) is 13.3. The van der Waals surface area contributed by atoms with Crippen LogP contribution in [0.4, 0.5) is 0 Å². The predicted octanol–water partition coefficient (Wildman–Crippen LogP) is 4.04. The average Bonchev–Trinajstić information content (AvgIpc) is 2.95. The SMILES string of the molecule is CC(C)(C)c1ccc(CNC(C)(CO)c2ccccc2)s1.